The fourth-order valence-corrected chi connectivity index (χ4v) is 3.93. The van der Waals surface area contributed by atoms with Crippen molar-refractivity contribution in [1.82, 2.24) is 14.9 Å². The molecule has 1 aliphatic rings. The lowest BCUT2D eigenvalue weighted by Crippen LogP contribution is -2.20. The molecule has 1 aromatic heterocycles. The average Bonchev–Trinajstić information content (AvgIpc) is 3.02. The molecule has 0 aliphatic heterocycles. The lowest BCUT2D eigenvalue weighted by Gasteiger charge is -2.20. The van der Waals surface area contributed by atoms with Crippen molar-refractivity contribution in [3.63, 3.8) is 0 Å². The van der Waals surface area contributed by atoms with Crippen LogP contribution < -0.4 is 11.2 Å². The normalized spacial score (nSPS) is 14.9. The van der Waals surface area contributed by atoms with Gasteiger partial charge in [0.25, 0.3) is 5.69 Å². The van der Waals surface area contributed by atoms with Crippen LogP contribution in [-0.4, -0.2) is 31.5 Å². The summed E-state index contributed by atoms with van der Waals surface area (Å²) in [5.41, 5.74) is -0.172. The fraction of sp³-hybridized carbons (Fsp3) is 0.438. The molecule has 0 bridgehead atoms. The van der Waals surface area contributed by atoms with Gasteiger partial charge < -0.3 is 11.2 Å². The number of halogens is 1. The first-order valence-electron chi connectivity index (χ1n) is 8.52. The largest absolute Gasteiger partial charge is 0.336 e. The smallest absolute Gasteiger partial charge is 0.294 e. The van der Waals surface area contributed by atoms with Crippen molar-refractivity contribution in [3.8, 4) is 0 Å². The lowest BCUT2D eigenvalue weighted by molar-refractivity contribution is -0.383. The summed E-state index contributed by atoms with van der Waals surface area (Å²) in [5.74, 6) is 6.72. The lowest BCUT2D eigenvalue weighted by atomic mass is 9.89. The predicted molar refractivity (Wildman–Crippen MR) is 103 cm³/mol. The van der Waals surface area contributed by atoms with Gasteiger partial charge in [-0.05, 0) is 25.0 Å². The van der Waals surface area contributed by atoms with Crippen LogP contribution in [0.15, 0.2) is 23.4 Å². The molecule has 1 saturated carbocycles. The first-order valence-corrected chi connectivity index (χ1v) is 9.89. The van der Waals surface area contributed by atoms with Gasteiger partial charge in [0.15, 0.2) is 5.82 Å². The molecule has 0 radical (unpaired) electrons. The van der Waals surface area contributed by atoms with E-state index in [1.165, 1.54) is 29.3 Å². The molecule has 1 aromatic carbocycles. The number of nitro groups is 1. The van der Waals surface area contributed by atoms with E-state index in [9.17, 15) is 14.9 Å². The van der Waals surface area contributed by atoms with Crippen LogP contribution in [-0.2, 0) is 4.79 Å². The number of hydrogen-bond donors (Lipinski definition) is 2. The van der Waals surface area contributed by atoms with E-state index in [1.54, 1.807) is 0 Å². The number of nitrogens with two attached hydrogens (primary N) is 1. The number of benzene rings is 1. The molecule has 0 spiro atoms. The van der Waals surface area contributed by atoms with E-state index in [1.807, 2.05) is 0 Å². The van der Waals surface area contributed by atoms with Gasteiger partial charge in [-0.25, -0.2) is 4.68 Å². The van der Waals surface area contributed by atoms with Crippen molar-refractivity contribution in [2.24, 2.45) is 0 Å². The molecular weight excluding hydrogens is 392 g/mol. The molecule has 27 heavy (non-hydrogen) atoms. The highest BCUT2D eigenvalue weighted by Crippen LogP contribution is 2.32. The number of aromatic nitrogens is 3. The SMILES string of the molecule is Nn1c(SCC(=O)Nc2ccc(Cl)cc2[N+](=O)[O-])nnc1C1CCCCC1. The number of nitro benzene ring substituents is 1. The van der Waals surface area contributed by atoms with Gasteiger partial charge in [-0.2, -0.15) is 0 Å². The minimum Gasteiger partial charge on any atom is -0.336 e. The molecule has 11 heteroatoms. The monoisotopic (exact) mass is 410 g/mol. The van der Waals surface area contributed by atoms with Gasteiger partial charge in [-0.1, -0.05) is 42.6 Å². The molecular formula is C16H19ClN6O3S. The van der Waals surface area contributed by atoms with Gasteiger partial charge in [0.05, 0.1) is 10.7 Å². The van der Waals surface area contributed by atoms with Crippen LogP contribution in [0.2, 0.25) is 5.02 Å². The number of nitrogens with one attached hydrogen (secondary N) is 1. The average molecular weight is 411 g/mol. The highest BCUT2D eigenvalue weighted by atomic mass is 35.5. The van der Waals surface area contributed by atoms with Crippen LogP contribution in [0.3, 0.4) is 0 Å². The maximum Gasteiger partial charge on any atom is 0.294 e. The minimum absolute atomic E-state index is 0.000218. The van der Waals surface area contributed by atoms with Crippen LogP contribution in [0, 0.1) is 10.1 Å². The maximum atomic E-state index is 12.2. The number of nitrogen functional groups attached to an aromatic ring is 1. The van der Waals surface area contributed by atoms with Gasteiger partial charge in [0.2, 0.25) is 11.1 Å². The van der Waals surface area contributed by atoms with Gasteiger partial charge in [-0.3, -0.25) is 14.9 Å². The molecule has 144 valence electrons. The molecule has 1 aliphatic carbocycles. The van der Waals surface area contributed by atoms with E-state index in [4.69, 9.17) is 17.4 Å². The fourth-order valence-electron chi connectivity index (χ4n) is 3.10. The van der Waals surface area contributed by atoms with Gasteiger partial charge in [0.1, 0.15) is 5.69 Å². The third-order valence-electron chi connectivity index (χ3n) is 4.42. The Morgan fingerprint density at radius 2 is 2.11 bits per heavy atom. The van der Waals surface area contributed by atoms with E-state index < -0.39 is 10.8 Å². The molecule has 3 N–H and O–H groups in total. The molecule has 3 rings (SSSR count). The quantitative estimate of drug-likeness (QED) is 0.323. The molecule has 0 atom stereocenters. The Morgan fingerprint density at radius 3 is 2.81 bits per heavy atom. The van der Waals surface area contributed by atoms with Crippen molar-refractivity contribution < 1.29 is 9.72 Å². The van der Waals surface area contributed by atoms with Gasteiger partial charge >= 0.3 is 0 Å². The van der Waals surface area contributed by atoms with Crippen molar-refractivity contribution >= 4 is 40.6 Å². The summed E-state index contributed by atoms with van der Waals surface area (Å²) < 4.78 is 1.44. The number of anilines is 1. The Hall–Kier alpha value is -2.33. The topological polar surface area (TPSA) is 129 Å². The molecule has 9 nitrogen and oxygen atoms in total. The molecule has 0 saturated heterocycles. The number of nitrogens with zero attached hydrogens (tertiary/aromatic N) is 4. The zero-order chi connectivity index (χ0) is 19.4. The second-order valence-electron chi connectivity index (χ2n) is 6.30. The van der Waals surface area contributed by atoms with Crippen molar-refractivity contribution in [2.75, 3.05) is 16.9 Å². The molecule has 1 amide bonds. The van der Waals surface area contributed by atoms with Crippen LogP contribution in [0.25, 0.3) is 0 Å². The highest BCUT2D eigenvalue weighted by Gasteiger charge is 2.23. The second kappa shape index (κ2) is 8.57. The Morgan fingerprint density at radius 1 is 1.37 bits per heavy atom. The zero-order valence-electron chi connectivity index (χ0n) is 14.4. The standard InChI is InChI=1S/C16H19ClN6O3S/c17-11-6-7-12(13(8-11)23(25)26)19-14(24)9-27-16-21-20-15(22(16)18)10-4-2-1-3-5-10/h6-8,10H,1-5,9,18H2,(H,19,24). The summed E-state index contributed by atoms with van der Waals surface area (Å²) in [6.45, 7) is 0. The summed E-state index contributed by atoms with van der Waals surface area (Å²) in [6, 6.07) is 4.07. The van der Waals surface area contributed by atoms with Crippen LogP contribution >= 0.6 is 23.4 Å². The Bertz CT molecular complexity index is 853. The zero-order valence-corrected chi connectivity index (χ0v) is 16.0. The number of carbonyl (C=O) groups excluding carboxylic acids is 1. The number of amides is 1. The van der Waals surface area contributed by atoms with Crippen LogP contribution in [0.5, 0.6) is 0 Å². The van der Waals surface area contributed by atoms with Gasteiger partial charge in [0, 0.05) is 17.0 Å². The second-order valence-corrected chi connectivity index (χ2v) is 7.68. The predicted octanol–water partition coefficient (Wildman–Crippen LogP) is 3.33. The summed E-state index contributed by atoms with van der Waals surface area (Å²) >= 11 is 6.90. The van der Waals surface area contributed by atoms with E-state index >= 15 is 0 Å². The van der Waals surface area contributed by atoms with Gasteiger partial charge in [-0.15, -0.1) is 10.2 Å². The number of thioether (sulfide) groups is 1. The Labute approximate surface area is 164 Å². The van der Waals surface area contributed by atoms with Crippen LogP contribution in [0.1, 0.15) is 43.8 Å². The van der Waals surface area contributed by atoms with Crippen LogP contribution in [0.4, 0.5) is 11.4 Å². The number of rotatable bonds is 6. The third kappa shape index (κ3) is 4.69. The molecule has 1 heterocycles. The minimum atomic E-state index is -0.596. The highest BCUT2D eigenvalue weighted by molar-refractivity contribution is 7.99. The third-order valence-corrected chi connectivity index (χ3v) is 5.60. The summed E-state index contributed by atoms with van der Waals surface area (Å²) in [5, 5.41) is 22.5. The summed E-state index contributed by atoms with van der Waals surface area (Å²) in [4.78, 5) is 22.7. The van der Waals surface area contributed by atoms with Crippen molar-refractivity contribution in [1.29, 1.82) is 0 Å². The van der Waals surface area contributed by atoms with E-state index in [-0.39, 0.29) is 22.2 Å². The van der Waals surface area contributed by atoms with E-state index in [2.05, 4.69) is 15.5 Å². The van der Waals surface area contributed by atoms with Crippen molar-refractivity contribution in [2.45, 2.75) is 43.2 Å². The van der Waals surface area contributed by atoms with Crippen molar-refractivity contribution in [3.05, 3.63) is 39.2 Å². The molecule has 1 fully saturated rings. The summed E-state index contributed by atoms with van der Waals surface area (Å²) in [6.07, 6.45) is 5.62. The number of carbonyl (C=O) groups is 1. The number of hydrogen-bond acceptors (Lipinski definition) is 7. The Balaban J connectivity index is 1.62. The molecule has 0 unspecified atom stereocenters. The Kier molecular flexibility index (Phi) is 6.17. The van der Waals surface area contributed by atoms with E-state index in [0.29, 0.717) is 11.1 Å². The maximum absolute atomic E-state index is 12.2. The first kappa shape index (κ1) is 19.4. The summed E-state index contributed by atoms with van der Waals surface area (Å²) in [7, 11) is 0. The molecule has 2 aromatic rings. The first-order chi connectivity index (χ1) is 13.0. The van der Waals surface area contributed by atoms with E-state index in [0.717, 1.165) is 43.3 Å².